The number of hydrogen-bond acceptors (Lipinski definition) is 4. The van der Waals surface area contributed by atoms with Crippen LogP contribution in [0.5, 0.6) is 5.88 Å². The molecule has 1 aromatic heterocycles. The van der Waals surface area contributed by atoms with Crippen LogP contribution in [0.25, 0.3) is 10.9 Å². The maximum Gasteiger partial charge on any atom is 0.258 e. The maximum atomic E-state index is 12.2. The van der Waals surface area contributed by atoms with Gasteiger partial charge in [-0.1, -0.05) is 46.3 Å². The summed E-state index contributed by atoms with van der Waals surface area (Å²) in [5, 5.41) is 3.73. The molecule has 1 N–H and O–H groups in total. The summed E-state index contributed by atoms with van der Waals surface area (Å²) in [6, 6.07) is 16.0. The van der Waals surface area contributed by atoms with Crippen molar-refractivity contribution < 1.29 is 9.53 Å². The van der Waals surface area contributed by atoms with Gasteiger partial charge in [-0.15, -0.1) is 0 Å². The fraction of sp³-hybridized carbons (Fsp3) is 0.250. The first-order valence-electron chi connectivity index (χ1n) is 8.48. The lowest BCUT2D eigenvalue weighted by Crippen LogP contribution is -2.36. The summed E-state index contributed by atoms with van der Waals surface area (Å²) in [6.07, 6.45) is 3.23. The van der Waals surface area contributed by atoms with Crippen molar-refractivity contribution in [1.29, 1.82) is 0 Å². The van der Waals surface area contributed by atoms with Gasteiger partial charge < -0.3 is 10.1 Å². The summed E-state index contributed by atoms with van der Waals surface area (Å²) in [4.78, 5) is 20.5. The van der Waals surface area contributed by atoms with Crippen molar-refractivity contribution in [3.63, 3.8) is 0 Å². The number of nitrogens with one attached hydrogen (secondary N) is 1. The van der Waals surface area contributed by atoms with Gasteiger partial charge in [0, 0.05) is 10.5 Å². The van der Waals surface area contributed by atoms with Gasteiger partial charge in [0.1, 0.15) is 6.33 Å². The highest BCUT2D eigenvalue weighted by atomic mass is 79.9. The smallest absolute Gasteiger partial charge is 0.258 e. The minimum absolute atomic E-state index is 0.0718. The van der Waals surface area contributed by atoms with Crippen molar-refractivity contribution >= 4 is 32.7 Å². The van der Waals surface area contributed by atoms with E-state index in [2.05, 4.69) is 43.3 Å². The second-order valence-electron chi connectivity index (χ2n) is 6.12. The van der Waals surface area contributed by atoms with E-state index in [9.17, 15) is 4.79 Å². The Labute approximate surface area is 160 Å². The van der Waals surface area contributed by atoms with E-state index in [-0.39, 0.29) is 18.6 Å². The number of aryl methyl sites for hydroxylation is 1. The second-order valence-corrected chi connectivity index (χ2v) is 7.04. The molecule has 2 aromatic carbocycles. The van der Waals surface area contributed by atoms with Gasteiger partial charge in [-0.2, -0.15) is 0 Å². The maximum absolute atomic E-state index is 12.2. The highest BCUT2D eigenvalue weighted by Gasteiger charge is 2.11. The van der Waals surface area contributed by atoms with Crippen LogP contribution in [0.15, 0.2) is 59.3 Å². The SMILES string of the molecule is C[C@H](CCc1ccccc1)NC(=O)COc1ncnc2ccc(Br)cc12. The van der Waals surface area contributed by atoms with Crippen LogP contribution in [0.2, 0.25) is 0 Å². The van der Waals surface area contributed by atoms with Gasteiger partial charge >= 0.3 is 0 Å². The molecule has 3 rings (SSSR count). The Morgan fingerprint density at radius 3 is 2.81 bits per heavy atom. The minimum atomic E-state index is -0.160. The Balaban J connectivity index is 1.52. The molecule has 5 nitrogen and oxygen atoms in total. The van der Waals surface area contributed by atoms with Crippen molar-refractivity contribution in [1.82, 2.24) is 15.3 Å². The van der Waals surface area contributed by atoms with Crippen LogP contribution in [0, 0.1) is 0 Å². The first-order valence-corrected chi connectivity index (χ1v) is 9.27. The van der Waals surface area contributed by atoms with Gasteiger partial charge in [0.25, 0.3) is 5.91 Å². The van der Waals surface area contributed by atoms with Gasteiger partial charge in [-0.25, -0.2) is 9.97 Å². The molecule has 0 spiro atoms. The van der Waals surface area contributed by atoms with Gasteiger partial charge in [0.15, 0.2) is 6.61 Å². The van der Waals surface area contributed by atoms with Crippen LogP contribution in [0.1, 0.15) is 18.9 Å². The number of carbonyl (C=O) groups is 1. The van der Waals surface area contributed by atoms with E-state index in [1.165, 1.54) is 11.9 Å². The van der Waals surface area contributed by atoms with Crippen LogP contribution in [-0.4, -0.2) is 28.5 Å². The Kier molecular flexibility index (Phi) is 6.17. The van der Waals surface area contributed by atoms with Crippen LogP contribution in [0.3, 0.4) is 0 Å². The van der Waals surface area contributed by atoms with E-state index in [0.29, 0.717) is 5.88 Å². The van der Waals surface area contributed by atoms with Crippen LogP contribution < -0.4 is 10.1 Å². The zero-order valence-electron chi connectivity index (χ0n) is 14.5. The molecular formula is C20H20BrN3O2. The molecule has 0 saturated carbocycles. The fourth-order valence-corrected chi connectivity index (χ4v) is 3.03. The van der Waals surface area contributed by atoms with Crippen molar-refractivity contribution in [2.45, 2.75) is 25.8 Å². The average Bonchev–Trinajstić information content (AvgIpc) is 2.65. The van der Waals surface area contributed by atoms with E-state index in [4.69, 9.17) is 4.74 Å². The molecule has 3 aromatic rings. The summed E-state index contributed by atoms with van der Waals surface area (Å²) in [5.41, 5.74) is 2.04. The third-order valence-corrected chi connectivity index (χ3v) is 4.51. The molecule has 0 unspecified atom stereocenters. The van der Waals surface area contributed by atoms with Gasteiger partial charge in [-0.05, 0) is 43.5 Å². The number of carbonyl (C=O) groups excluding carboxylic acids is 1. The van der Waals surface area contributed by atoms with Crippen LogP contribution in [0.4, 0.5) is 0 Å². The molecule has 1 heterocycles. The van der Waals surface area contributed by atoms with Crippen LogP contribution in [-0.2, 0) is 11.2 Å². The number of ether oxygens (including phenoxy) is 1. The van der Waals surface area contributed by atoms with Crippen molar-refractivity contribution in [2.24, 2.45) is 0 Å². The molecule has 134 valence electrons. The standard InChI is InChI=1S/C20H20BrN3O2/c1-14(7-8-15-5-3-2-4-6-15)24-19(25)12-26-20-17-11-16(21)9-10-18(17)22-13-23-20/h2-6,9-11,13-14H,7-8,12H2,1H3,(H,24,25)/t14-/m1/s1. The molecular weight excluding hydrogens is 394 g/mol. The highest BCUT2D eigenvalue weighted by Crippen LogP contribution is 2.24. The number of benzene rings is 2. The largest absolute Gasteiger partial charge is 0.467 e. The first-order chi connectivity index (χ1) is 12.6. The van der Waals surface area contributed by atoms with Crippen molar-refractivity contribution in [3.8, 4) is 5.88 Å². The van der Waals surface area contributed by atoms with E-state index in [0.717, 1.165) is 28.2 Å². The van der Waals surface area contributed by atoms with E-state index >= 15 is 0 Å². The van der Waals surface area contributed by atoms with E-state index in [1.54, 1.807) is 0 Å². The Morgan fingerprint density at radius 1 is 1.19 bits per heavy atom. The third-order valence-electron chi connectivity index (χ3n) is 4.02. The fourth-order valence-electron chi connectivity index (χ4n) is 2.67. The summed E-state index contributed by atoms with van der Waals surface area (Å²) in [6.45, 7) is 1.92. The first kappa shape index (κ1) is 18.3. The molecule has 0 fully saturated rings. The number of amides is 1. The number of rotatable bonds is 7. The molecule has 1 atom stereocenters. The minimum Gasteiger partial charge on any atom is -0.467 e. The predicted octanol–water partition coefficient (Wildman–Crippen LogP) is 3.91. The second kappa shape index (κ2) is 8.76. The summed E-state index contributed by atoms with van der Waals surface area (Å²) < 4.78 is 6.52. The lowest BCUT2D eigenvalue weighted by molar-refractivity contribution is -0.123. The normalized spacial score (nSPS) is 11.9. The quantitative estimate of drug-likeness (QED) is 0.637. The zero-order valence-corrected chi connectivity index (χ0v) is 16.1. The number of aromatic nitrogens is 2. The predicted molar refractivity (Wildman–Crippen MR) is 105 cm³/mol. The molecule has 0 bridgehead atoms. The number of fused-ring (bicyclic) bond motifs is 1. The Bertz CT molecular complexity index is 887. The van der Waals surface area contributed by atoms with E-state index < -0.39 is 0 Å². The summed E-state index contributed by atoms with van der Waals surface area (Å²) in [7, 11) is 0. The van der Waals surface area contributed by atoms with Gasteiger partial charge in [-0.3, -0.25) is 4.79 Å². The van der Waals surface area contributed by atoms with Crippen molar-refractivity contribution in [2.75, 3.05) is 6.61 Å². The Morgan fingerprint density at radius 2 is 2.00 bits per heavy atom. The summed E-state index contributed by atoms with van der Waals surface area (Å²) >= 11 is 3.43. The zero-order chi connectivity index (χ0) is 18.4. The molecule has 0 aliphatic rings. The van der Waals surface area contributed by atoms with Crippen molar-refractivity contribution in [3.05, 3.63) is 64.9 Å². The number of halogens is 1. The highest BCUT2D eigenvalue weighted by molar-refractivity contribution is 9.10. The monoisotopic (exact) mass is 413 g/mol. The summed E-state index contributed by atoms with van der Waals surface area (Å²) in [5.74, 6) is 0.246. The molecule has 0 aliphatic carbocycles. The molecule has 1 amide bonds. The third kappa shape index (κ3) is 5.02. The lowest BCUT2D eigenvalue weighted by Gasteiger charge is -2.14. The molecule has 26 heavy (non-hydrogen) atoms. The molecule has 0 saturated heterocycles. The van der Waals surface area contributed by atoms with E-state index in [1.807, 2.05) is 43.3 Å². The molecule has 0 radical (unpaired) electrons. The Hall–Kier alpha value is -2.47. The molecule has 0 aliphatic heterocycles. The number of nitrogens with zero attached hydrogens (tertiary/aromatic N) is 2. The van der Waals surface area contributed by atoms with Gasteiger partial charge in [0.2, 0.25) is 5.88 Å². The topological polar surface area (TPSA) is 64.1 Å². The molecule has 6 heteroatoms. The van der Waals surface area contributed by atoms with Crippen LogP contribution >= 0.6 is 15.9 Å². The average molecular weight is 414 g/mol. The lowest BCUT2D eigenvalue weighted by atomic mass is 10.1. The number of hydrogen-bond donors (Lipinski definition) is 1. The van der Waals surface area contributed by atoms with Gasteiger partial charge in [0.05, 0.1) is 10.9 Å².